The Morgan fingerprint density at radius 2 is 1.81 bits per heavy atom. The van der Waals surface area contributed by atoms with Gasteiger partial charge in [0.25, 0.3) is 0 Å². The van der Waals surface area contributed by atoms with E-state index in [1.807, 2.05) is 12.1 Å². The summed E-state index contributed by atoms with van der Waals surface area (Å²) >= 11 is 0. The molecule has 0 aliphatic heterocycles. The van der Waals surface area contributed by atoms with Crippen molar-refractivity contribution in [3.63, 3.8) is 0 Å². The van der Waals surface area contributed by atoms with E-state index in [1.165, 1.54) is 50.5 Å². The third-order valence-electron chi connectivity index (χ3n) is 4.58. The maximum absolute atomic E-state index is 12.8. The zero-order chi connectivity index (χ0) is 14.9. The summed E-state index contributed by atoms with van der Waals surface area (Å²) in [6, 6.07) is 8.96. The summed E-state index contributed by atoms with van der Waals surface area (Å²) in [6.45, 7) is 0. The Morgan fingerprint density at radius 3 is 2.48 bits per heavy atom. The first-order valence-electron chi connectivity index (χ1n) is 8.08. The molecule has 1 aromatic rings. The summed E-state index contributed by atoms with van der Waals surface area (Å²) in [4.78, 5) is 0. The van der Waals surface area contributed by atoms with E-state index >= 15 is 0 Å². The van der Waals surface area contributed by atoms with E-state index in [4.69, 9.17) is 5.26 Å². The van der Waals surface area contributed by atoms with Crippen LogP contribution < -0.4 is 0 Å². The second kappa shape index (κ2) is 8.62. The standard InChI is InChI=1S/C19H24FN/c20-19-13-11-17(12-14-19)5-2-1-4-16-7-9-18(10-8-16)6-3-15-21/h3,6,11-14,16,18H,1-2,4-5,7-10H2/b6-3+/t16-,18-. The number of unbranched alkanes of at least 4 members (excludes halogenated alkanes) is 1. The number of rotatable bonds is 6. The van der Waals surface area contributed by atoms with Crippen molar-refractivity contribution >= 4 is 0 Å². The Balaban J connectivity index is 1.59. The van der Waals surface area contributed by atoms with Crippen molar-refractivity contribution in [2.75, 3.05) is 0 Å². The van der Waals surface area contributed by atoms with Gasteiger partial charge < -0.3 is 0 Å². The molecule has 0 amide bonds. The lowest BCUT2D eigenvalue weighted by Crippen LogP contribution is -2.13. The normalized spacial score (nSPS) is 22.3. The van der Waals surface area contributed by atoms with Crippen molar-refractivity contribution in [2.24, 2.45) is 11.8 Å². The molecular formula is C19H24FN. The van der Waals surface area contributed by atoms with E-state index in [9.17, 15) is 4.39 Å². The molecule has 1 saturated carbocycles. The van der Waals surface area contributed by atoms with Crippen LogP contribution in [-0.4, -0.2) is 0 Å². The van der Waals surface area contributed by atoms with Crippen LogP contribution in [0, 0.1) is 29.0 Å². The zero-order valence-electron chi connectivity index (χ0n) is 12.6. The molecular weight excluding hydrogens is 261 g/mol. The third kappa shape index (κ3) is 5.71. The summed E-state index contributed by atoms with van der Waals surface area (Å²) < 4.78 is 12.8. The minimum atomic E-state index is -0.152. The Bertz CT molecular complexity index is 475. The number of nitrogens with zero attached hydrogens (tertiary/aromatic N) is 1. The van der Waals surface area contributed by atoms with Gasteiger partial charge in [-0.2, -0.15) is 5.26 Å². The molecule has 0 saturated heterocycles. The van der Waals surface area contributed by atoms with E-state index in [0.29, 0.717) is 5.92 Å². The largest absolute Gasteiger partial charge is 0.207 e. The lowest BCUT2D eigenvalue weighted by molar-refractivity contribution is 0.289. The Morgan fingerprint density at radius 1 is 1.10 bits per heavy atom. The van der Waals surface area contributed by atoms with Gasteiger partial charge in [-0.1, -0.05) is 31.1 Å². The van der Waals surface area contributed by atoms with Gasteiger partial charge in [-0.05, 0) is 68.1 Å². The van der Waals surface area contributed by atoms with Crippen LogP contribution >= 0.6 is 0 Å². The van der Waals surface area contributed by atoms with Crippen LogP contribution in [0.15, 0.2) is 36.4 Å². The van der Waals surface area contributed by atoms with Gasteiger partial charge in [0.15, 0.2) is 0 Å². The van der Waals surface area contributed by atoms with Crippen LogP contribution in [0.2, 0.25) is 0 Å². The molecule has 0 bridgehead atoms. The highest BCUT2D eigenvalue weighted by Gasteiger charge is 2.18. The van der Waals surface area contributed by atoms with E-state index < -0.39 is 0 Å². The molecule has 0 aromatic heterocycles. The third-order valence-corrected chi connectivity index (χ3v) is 4.58. The molecule has 2 rings (SSSR count). The van der Waals surface area contributed by atoms with Gasteiger partial charge in [0, 0.05) is 6.08 Å². The average Bonchev–Trinajstić information content (AvgIpc) is 2.52. The van der Waals surface area contributed by atoms with Crippen molar-refractivity contribution in [1.82, 2.24) is 0 Å². The summed E-state index contributed by atoms with van der Waals surface area (Å²) in [5, 5.41) is 8.54. The van der Waals surface area contributed by atoms with Gasteiger partial charge in [0.05, 0.1) is 6.07 Å². The molecule has 1 aromatic carbocycles. The molecule has 0 unspecified atom stereocenters. The van der Waals surface area contributed by atoms with Crippen LogP contribution in [0.1, 0.15) is 50.5 Å². The van der Waals surface area contributed by atoms with Gasteiger partial charge in [0.1, 0.15) is 5.82 Å². The fraction of sp³-hybridized carbons (Fsp3) is 0.526. The summed E-state index contributed by atoms with van der Waals surface area (Å²) in [7, 11) is 0. The first-order valence-corrected chi connectivity index (χ1v) is 8.08. The minimum absolute atomic E-state index is 0.152. The van der Waals surface area contributed by atoms with Crippen LogP contribution in [0.25, 0.3) is 0 Å². The summed E-state index contributed by atoms with van der Waals surface area (Å²) in [5.41, 5.74) is 1.24. The molecule has 0 N–H and O–H groups in total. The topological polar surface area (TPSA) is 23.8 Å². The van der Waals surface area contributed by atoms with Crippen LogP contribution in [-0.2, 0) is 6.42 Å². The highest BCUT2D eigenvalue weighted by Crippen LogP contribution is 2.32. The van der Waals surface area contributed by atoms with Crippen molar-refractivity contribution in [3.8, 4) is 6.07 Å². The van der Waals surface area contributed by atoms with E-state index in [-0.39, 0.29) is 5.82 Å². The second-order valence-electron chi connectivity index (χ2n) is 6.14. The number of nitriles is 1. The van der Waals surface area contributed by atoms with Crippen molar-refractivity contribution in [3.05, 3.63) is 47.8 Å². The lowest BCUT2D eigenvalue weighted by atomic mass is 9.79. The molecule has 1 fully saturated rings. The monoisotopic (exact) mass is 285 g/mol. The Kier molecular flexibility index (Phi) is 6.47. The Hall–Kier alpha value is -1.62. The number of benzene rings is 1. The second-order valence-corrected chi connectivity index (χ2v) is 6.14. The fourth-order valence-electron chi connectivity index (χ4n) is 3.26. The number of hydrogen-bond donors (Lipinski definition) is 0. The van der Waals surface area contributed by atoms with Crippen LogP contribution in [0.3, 0.4) is 0 Å². The molecule has 0 heterocycles. The molecule has 1 aliphatic rings. The van der Waals surface area contributed by atoms with Gasteiger partial charge in [0.2, 0.25) is 0 Å². The molecule has 1 nitrogen and oxygen atoms in total. The molecule has 2 heteroatoms. The molecule has 21 heavy (non-hydrogen) atoms. The lowest BCUT2D eigenvalue weighted by Gasteiger charge is -2.26. The molecule has 0 spiro atoms. The maximum Gasteiger partial charge on any atom is 0.123 e. The zero-order valence-corrected chi connectivity index (χ0v) is 12.6. The SMILES string of the molecule is N#C/C=C/[C@H]1CC[C@H](CCCCc2ccc(F)cc2)CC1. The number of halogens is 1. The maximum atomic E-state index is 12.8. The van der Waals surface area contributed by atoms with E-state index in [0.717, 1.165) is 12.3 Å². The Labute approximate surface area is 127 Å². The fourth-order valence-corrected chi connectivity index (χ4v) is 3.26. The van der Waals surface area contributed by atoms with Crippen LogP contribution in [0.5, 0.6) is 0 Å². The smallest absolute Gasteiger partial charge is 0.123 e. The summed E-state index contributed by atoms with van der Waals surface area (Å²) in [6.07, 6.45) is 13.6. The highest BCUT2D eigenvalue weighted by atomic mass is 19.1. The predicted octanol–water partition coefficient (Wildman–Crippen LogP) is 5.42. The van der Waals surface area contributed by atoms with Crippen LogP contribution in [0.4, 0.5) is 4.39 Å². The van der Waals surface area contributed by atoms with Gasteiger partial charge in [-0.3, -0.25) is 0 Å². The predicted molar refractivity (Wildman–Crippen MR) is 84.2 cm³/mol. The summed E-state index contributed by atoms with van der Waals surface area (Å²) in [5.74, 6) is 1.34. The molecule has 1 aliphatic carbocycles. The first-order chi connectivity index (χ1) is 10.3. The van der Waals surface area contributed by atoms with E-state index in [2.05, 4.69) is 12.1 Å². The number of aryl methyl sites for hydroxylation is 1. The van der Waals surface area contributed by atoms with Crippen molar-refractivity contribution in [1.29, 1.82) is 5.26 Å². The number of hydrogen-bond acceptors (Lipinski definition) is 1. The highest BCUT2D eigenvalue weighted by molar-refractivity contribution is 5.15. The minimum Gasteiger partial charge on any atom is -0.207 e. The molecule has 0 radical (unpaired) electrons. The van der Waals surface area contributed by atoms with E-state index in [1.54, 1.807) is 18.2 Å². The van der Waals surface area contributed by atoms with Crippen molar-refractivity contribution in [2.45, 2.75) is 51.4 Å². The van der Waals surface area contributed by atoms with Crippen molar-refractivity contribution < 1.29 is 4.39 Å². The molecule has 112 valence electrons. The van der Waals surface area contributed by atoms with Gasteiger partial charge in [-0.15, -0.1) is 0 Å². The van der Waals surface area contributed by atoms with Gasteiger partial charge in [-0.25, -0.2) is 4.39 Å². The average molecular weight is 285 g/mol. The number of allylic oxidation sites excluding steroid dienone is 2. The quantitative estimate of drug-likeness (QED) is 0.505. The first kappa shape index (κ1) is 15.8. The molecule has 0 atom stereocenters. The van der Waals surface area contributed by atoms with Gasteiger partial charge >= 0.3 is 0 Å².